The van der Waals surface area contributed by atoms with Crippen LogP contribution in [-0.2, 0) is 6.42 Å². The van der Waals surface area contributed by atoms with E-state index in [1.807, 2.05) is 13.0 Å². The molecule has 2 rings (SSSR count). The average molecular weight is 276 g/mol. The van der Waals surface area contributed by atoms with Crippen molar-refractivity contribution in [1.29, 1.82) is 0 Å². The molecular weight excluding hydrogens is 266 g/mol. The standard InChI is InChI=1S/C11H9Cl3N2/c1-2-8-6-11(14)16(15-8)10-4-3-7(12)5-9(10)13/h3-6H,2H2,1H3. The summed E-state index contributed by atoms with van der Waals surface area (Å²) in [5.74, 6) is 0. The van der Waals surface area contributed by atoms with E-state index in [0.717, 1.165) is 17.8 Å². The van der Waals surface area contributed by atoms with E-state index >= 15 is 0 Å². The number of aryl methyl sites for hydroxylation is 1. The van der Waals surface area contributed by atoms with Crippen LogP contribution < -0.4 is 0 Å². The Morgan fingerprint density at radius 1 is 1.19 bits per heavy atom. The van der Waals surface area contributed by atoms with E-state index < -0.39 is 0 Å². The molecule has 5 heteroatoms. The van der Waals surface area contributed by atoms with Crippen LogP contribution in [0.1, 0.15) is 12.6 Å². The van der Waals surface area contributed by atoms with Crippen molar-refractivity contribution in [2.45, 2.75) is 13.3 Å². The van der Waals surface area contributed by atoms with E-state index in [0.29, 0.717) is 15.2 Å². The summed E-state index contributed by atoms with van der Waals surface area (Å²) in [5.41, 5.74) is 1.66. The Morgan fingerprint density at radius 3 is 2.50 bits per heavy atom. The van der Waals surface area contributed by atoms with Gasteiger partial charge in [0.2, 0.25) is 0 Å². The van der Waals surface area contributed by atoms with Gasteiger partial charge in [-0.1, -0.05) is 41.7 Å². The Balaban J connectivity index is 2.53. The second-order valence-electron chi connectivity index (χ2n) is 3.32. The molecule has 0 aliphatic carbocycles. The van der Waals surface area contributed by atoms with Crippen molar-refractivity contribution in [3.63, 3.8) is 0 Å². The summed E-state index contributed by atoms with van der Waals surface area (Å²) in [6, 6.07) is 7.05. The van der Waals surface area contributed by atoms with Crippen LogP contribution in [0.2, 0.25) is 15.2 Å². The van der Waals surface area contributed by atoms with E-state index in [4.69, 9.17) is 34.8 Å². The molecule has 0 fully saturated rings. The van der Waals surface area contributed by atoms with Gasteiger partial charge in [-0.25, -0.2) is 4.68 Å². The van der Waals surface area contributed by atoms with E-state index in [1.54, 1.807) is 22.9 Å². The van der Waals surface area contributed by atoms with Gasteiger partial charge in [0.15, 0.2) is 0 Å². The van der Waals surface area contributed by atoms with Crippen LogP contribution in [0, 0.1) is 0 Å². The van der Waals surface area contributed by atoms with E-state index in [-0.39, 0.29) is 0 Å². The molecule has 0 radical (unpaired) electrons. The summed E-state index contributed by atoms with van der Waals surface area (Å²) < 4.78 is 1.61. The predicted molar refractivity (Wildman–Crippen MR) is 68.0 cm³/mol. The molecule has 0 spiro atoms. The molecule has 1 heterocycles. The highest BCUT2D eigenvalue weighted by Crippen LogP contribution is 2.27. The minimum absolute atomic E-state index is 0.528. The zero-order chi connectivity index (χ0) is 11.7. The largest absolute Gasteiger partial charge is 0.220 e. The Hall–Kier alpha value is -0.700. The maximum atomic E-state index is 6.08. The highest BCUT2D eigenvalue weighted by molar-refractivity contribution is 6.36. The van der Waals surface area contributed by atoms with Crippen LogP contribution >= 0.6 is 34.8 Å². The van der Waals surface area contributed by atoms with Gasteiger partial charge in [-0.3, -0.25) is 0 Å². The molecule has 1 aromatic heterocycles. The lowest BCUT2D eigenvalue weighted by atomic mass is 10.3. The van der Waals surface area contributed by atoms with Crippen LogP contribution in [0.25, 0.3) is 5.69 Å². The lowest BCUT2D eigenvalue weighted by Gasteiger charge is -2.05. The molecule has 16 heavy (non-hydrogen) atoms. The van der Waals surface area contributed by atoms with Gasteiger partial charge < -0.3 is 0 Å². The first-order valence-corrected chi connectivity index (χ1v) is 5.95. The number of nitrogens with zero attached hydrogens (tertiary/aromatic N) is 2. The monoisotopic (exact) mass is 274 g/mol. The van der Waals surface area contributed by atoms with Crippen molar-refractivity contribution >= 4 is 34.8 Å². The van der Waals surface area contributed by atoms with Crippen molar-refractivity contribution in [1.82, 2.24) is 9.78 Å². The maximum Gasteiger partial charge on any atom is 0.133 e. The maximum absolute atomic E-state index is 6.08. The van der Waals surface area contributed by atoms with Crippen molar-refractivity contribution in [3.8, 4) is 5.69 Å². The fourth-order valence-electron chi connectivity index (χ4n) is 1.40. The molecule has 84 valence electrons. The SMILES string of the molecule is CCc1cc(Cl)n(-c2ccc(Cl)cc2Cl)n1. The van der Waals surface area contributed by atoms with E-state index in [1.165, 1.54) is 0 Å². The molecule has 0 bridgehead atoms. The van der Waals surface area contributed by atoms with Crippen LogP contribution in [-0.4, -0.2) is 9.78 Å². The molecule has 0 aliphatic heterocycles. The Morgan fingerprint density at radius 2 is 1.94 bits per heavy atom. The van der Waals surface area contributed by atoms with Crippen molar-refractivity contribution < 1.29 is 0 Å². The topological polar surface area (TPSA) is 17.8 Å². The average Bonchev–Trinajstić information content (AvgIpc) is 2.60. The van der Waals surface area contributed by atoms with Crippen molar-refractivity contribution in [2.24, 2.45) is 0 Å². The van der Waals surface area contributed by atoms with Gasteiger partial charge in [-0.2, -0.15) is 5.10 Å². The molecule has 2 nitrogen and oxygen atoms in total. The van der Waals surface area contributed by atoms with E-state index in [2.05, 4.69) is 5.10 Å². The molecule has 0 atom stereocenters. The smallest absolute Gasteiger partial charge is 0.133 e. The molecule has 0 N–H and O–H groups in total. The molecule has 0 amide bonds. The zero-order valence-corrected chi connectivity index (χ0v) is 10.8. The summed E-state index contributed by atoms with van der Waals surface area (Å²) >= 11 is 18.0. The third-order valence-corrected chi connectivity index (χ3v) is 3.02. The second-order valence-corrected chi connectivity index (χ2v) is 4.55. The normalized spacial score (nSPS) is 10.8. The van der Waals surface area contributed by atoms with Crippen molar-refractivity contribution in [3.05, 3.63) is 45.2 Å². The van der Waals surface area contributed by atoms with Crippen LogP contribution in [0.4, 0.5) is 0 Å². The van der Waals surface area contributed by atoms with Gasteiger partial charge in [0.25, 0.3) is 0 Å². The molecule has 0 aliphatic rings. The summed E-state index contributed by atoms with van der Waals surface area (Å²) in [5, 5.41) is 6.01. The summed E-state index contributed by atoms with van der Waals surface area (Å²) in [4.78, 5) is 0. The number of hydrogen-bond acceptors (Lipinski definition) is 1. The predicted octanol–water partition coefficient (Wildman–Crippen LogP) is 4.39. The summed E-state index contributed by atoms with van der Waals surface area (Å²) in [6.45, 7) is 2.02. The Bertz CT molecular complexity index is 520. The fourth-order valence-corrected chi connectivity index (χ4v) is 2.14. The number of hydrogen-bond donors (Lipinski definition) is 0. The molecule has 0 saturated heterocycles. The van der Waals surface area contributed by atoms with Gasteiger partial charge in [0.05, 0.1) is 16.4 Å². The van der Waals surface area contributed by atoms with Gasteiger partial charge in [0, 0.05) is 5.02 Å². The molecule has 2 aromatic rings. The Labute approximate surface area is 109 Å². The first kappa shape index (κ1) is 11.8. The first-order valence-electron chi connectivity index (χ1n) is 4.81. The minimum Gasteiger partial charge on any atom is -0.220 e. The van der Waals surface area contributed by atoms with Crippen LogP contribution in [0.3, 0.4) is 0 Å². The second kappa shape index (κ2) is 4.66. The number of halogens is 3. The van der Waals surface area contributed by atoms with Gasteiger partial charge >= 0.3 is 0 Å². The summed E-state index contributed by atoms with van der Waals surface area (Å²) in [7, 11) is 0. The third-order valence-electron chi connectivity index (χ3n) is 2.22. The minimum atomic E-state index is 0.528. The fraction of sp³-hybridized carbons (Fsp3) is 0.182. The number of benzene rings is 1. The molecular formula is C11H9Cl3N2. The molecule has 0 saturated carbocycles. The Kier molecular flexibility index (Phi) is 3.43. The third kappa shape index (κ3) is 2.19. The van der Waals surface area contributed by atoms with Gasteiger partial charge in [-0.05, 0) is 30.7 Å². The van der Waals surface area contributed by atoms with Crippen LogP contribution in [0.15, 0.2) is 24.3 Å². The highest BCUT2D eigenvalue weighted by atomic mass is 35.5. The summed E-state index contributed by atoms with van der Waals surface area (Å²) in [6.07, 6.45) is 0.831. The first-order chi connectivity index (χ1) is 7.61. The van der Waals surface area contributed by atoms with Gasteiger partial charge in [-0.15, -0.1) is 0 Å². The lowest BCUT2D eigenvalue weighted by Crippen LogP contribution is -1.98. The van der Waals surface area contributed by atoms with Crippen molar-refractivity contribution in [2.75, 3.05) is 0 Å². The zero-order valence-electron chi connectivity index (χ0n) is 8.54. The lowest BCUT2D eigenvalue weighted by molar-refractivity contribution is 0.842. The quantitative estimate of drug-likeness (QED) is 0.794. The number of rotatable bonds is 2. The number of aromatic nitrogens is 2. The van der Waals surface area contributed by atoms with E-state index in [9.17, 15) is 0 Å². The van der Waals surface area contributed by atoms with Gasteiger partial charge in [0.1, 0.15) is 5.15 Å². The molecule has 1 aromatic carbocycles. The van der Waals surface area contributed by atoms with Crippen LogP contribution in [0.5, 0.6) is 0 Å². The molecule has 0 unspecified atom stereocenters. The highest BCUT2D eigenvalue weighted by Gasteiger charge is 2.10.